The minimum atomic E-state index is -0.227. The van der Waals surface area contributed by atoms with Gasteiger partial charge in [-0.1, -0.05) is 6.07 Å². The van der Waals surface area contributed by atoms with Crippen molar-refractivity contribution in [2.75, 3.05) is 44.2 Å². The molecule has 0 aromatic heterocycles. The van der Waals surface area contributed by atoms with Gasteiger partial charge in [-0.2, -0.15) is 0 Å². The van der Waals surface area contributed by atoms with Crippen molar-refractivity contribution in [1.29, 1.82) is 0 Å². The molecule has 0 aliphatic carbocycles. The Morgan fingerprint density at radius 3 is 2.70 bits per heavy atom. The molecule has 1 saturated heterocycles. The van der Waals surface area contributed by atoms with Gasteiger partial charge in [-0.05, 0) is 42.5 Å². The lowest BCUT2D eigenvalue weighted by atomic mass is 10.1. The van der Waals surface area contributed by atoms with E-state index in [0.717, 1.165) is 31.9 Å². The van der Waals surface area contributed by atoms with E-state index < -0.39 is 0 Å². The van der Waals surface area contributed by atoms with Crippen molar-refractivity contribution < 1.29 is 18.7 Å². The average molecular weight is 368 g/mol. The summed E-state index contributed by atoms with van der Waals surface area (Å²) in [5, 5.41) is 0. The van der Waals surface area contributed by atoms with E-state index in [-0.39, 0.29) is 11.6 Å². The van der Waals surface area contributed by atoms with Crippen LogP contribution in [-0.4, -0.2) is 50.0 Å². The van der Waals surface area contributed by atoms with Crippen LogP contribution in [0.25, 0.3) is 0 Å². The third kappa shape index (κ3) is 4.11. The van der Waals surface area contributed by atoms with E-state index in [9.17, 15) is 9.18 Å². The highest BCUT2D eigenvalue weighted by Crippen LogP contribution is 2.30. The number of anilines is 1. The molecule has 0 radical (unpaired) electrons. The van der Waals surface area contributed by atoms with Crippen LogP contribution in [0, 0.1) is 5.82 Å². The molecule has 2 aromatic rings. The van der Waals surface area contributed by atoms with E-state index >= 15 is 0 Å². The van der Waals surface area contributed by atoms with Crippen molar-refractivity contribution in [3.63, 3.8) is 0 Å². The first-order valence-corrected chi connectivity index (χ1v) is 9.04. The fraction of sp³-hybridized carbons (Fsp3) is 0.286. The van der Waals surface area contributed by atoms with Crippen molar-refractivity contribution in [2.24, 2.45) is 0 Å². The smallest absolute Gasteiger partial charge is 0.176 e. The predicted molar refractivity (Wildman–Crippen MR) is 101 cm³/mol. The van der Waals surface area contributed by atoms with Gasteiger partial charge < -0.3 is 14.4 Å². The van der Waals surface area contributed by atoms with Crippen LogP contribution in [0.2, 0.25) is 0 Å². The Morgan fingerprint density at radius 2 is 1.89 bits per heavy atom. The number of ketones is 1. The second-order valence-corrected chi connectivity index (χ2v) is 6.63. The number of benzene rings is 2. The standard InChI is InChI=1S/C21H21FN2O3/c22-17-3-1-4-18(14-17)24-9-7-23(8-10-24)15-19(25)16-5-6-20-21(13-16)27-12-2-11-26-20/h1-6,12-14H,7-11,15H2. The van der Waals surface area contributed by atoms with Gasteiger partial charge in [0.25, 0.3) is 0 Å². The molecule has 0 atom stereocenters. The molecule has 1 fully saturated rings. The molecule has 0 amide bonds. The molecule has 2 aliphatic heterocycles. The minimum absolute atomic E-state index is 0.0498. The van der Waals surface area contributed by atoms with Gasteiger partial charge in [-0.25, -0.2) is 4.39 Å². The van der Waals surface area contributed by atoms with Gasteiger partial charge in [0.05, 0.1) is 12.8 Å². The number of fused-ring (bicyclic) bond motifs is 1. The van der Waals surface area contributed by atoms with Crippen molar-refractivity contribution in [1.82, 2.24) is 4.90 Å². The molecule has 6 heteroatoms. The second kappa shape index (κ2) is 7.80. The van der Waals surface area contributed by atoms with E-state index in [1.807, 2.05) is 6.07 Å². The summed E-state index contributed by atoms with van der Waals surface area (Å²) < 4.78 is 24.4. The van der Waals surface area contributed by atoms with Crippen LogP contribution in [0.5, 0.6) is 11.5 Å². The van der Waals surface area contributed by atoms with Gasteiger partial charge in [0, 0.05) is 37.4 Å². The molecule has 0 N–H and O–H groups in total. The molecule has 0 unspecified atom stereocenters. The summed E-state index contributed by atoms with van der Waals surface area (Å²) in [5.41, 5.74) is 1.50. The number of piperazine rings is 1. The Kier molecular flexibility index (Phi) is 5.07. The summed E-state index contributed by atoms with van der Waals surface area (Å²) in [4.78, 5) is 16.9. The molecule has 2 aromatic carbocycles. The maximum atomic E-state index is 13.4. The lowest BCUT2D eigenvalue weighted by molar-refractivity contribution is 0.0926. The van der Waals surface area contributed by atoms with Crippen molar-refractivity contribution in [3.05, 3.63) is 66.2 Å². The number of halogens is 1. The van der Waals surface area contributed by atoms with Crippen LogP contribution in [0.15, 0.2) is 54.8 Å². The van der Waals surface area contributed by atoms with Gasteiger partial charge in [-0.15, -0.1) is 0 Å². The fourth-order valence-electron chi connectivity index (χ4n) is 3.32. The number of hydrogen-bond acceptors (Lipinski definition) is 5. The van der Waals surface area contributed by atoms with E-state index in [1.54, 1.807) is 42.7 Å². The maximum absolute atomic E-state index is 13.4. The molecule has 4 rings (SSSR count). The summed E-state index contributed by atoms with van der Waals surface area (Å²) in [7, 11) is 0. The molecule has 140 valence electrons. The maximum Gasteiger partial charge on any atom is 0.176 e. The van der Waals surface area contributed by atoms with Crippen LogP contribution in [-0.2, 0) is 0 Å². The summed E-state index contributed by atoms with van der Waals surface area (Å²) in [6.45, 7) is 3.86. The topological polar surface area (TPSA) is 42.0 Å². The Labute approximate surface area is 157 Å². The zero-order chi connectivity index (χ0) is 18.6. The summed E-state index contributed by atoms with van der Waals surface area (Å²) in [6, 6.07) is 11.9. The number of rotatable bonds is 4. The fourth-order valence-corrected chi connectivity index (χ4v) is 3.32. The van der Waals surface area contributed by atoms with Crippen molar-refractivity contribution in [2.45, 2.75) is 0 Å². The zero-order valence-corrected chi connectivity index (χ0v) is 14.9. The number of carbonyl (C=O) groups excluding carboxylic acids is 1. The highest BCUT2D eigenvalue weighted by molar-refractivity contribution is 5.98. The van der Waals surface area contributed by atoms with Crippen LogP contribution in [0.1, 0.15) is 10.4 Å². The number of carbonyl (C=O) groups is 1. The zero-order valence-electron chi connectivity index (χ0n) is 14.9. The molecular weight excluding hydrogens is 347 g/mol. The molecular formula is C21H21FN2O3. The summed E-state index contributed by atoms with van der Waals surface area (Å²) in [5.74, 6) is 1.02. The summed E-state index contributed by atoms with van der Waals surface area (Å²) in [6.07, 6.45) is 3.35. The molecule has 27 heavy (non-hydrogen) atoms. The van der Waals surface area contributed by atoms with Crippen molar-refractivity contribution >= 4 is 11.5 Å². The number of Topliss-reactive ketones (excluding diaryl/α,β-unsaturated/α-hetero) is 1. The molecule has 5 nitrogen and oxygen atoms in total. The minimum Gasteiger partial charge on any atom is -0.485 e. The Balaban J connectivity index is 1.36. The lowest BCUT2D eigenvalue weighted by Crippen LogP contribution is -2.48. The highest BCUT2D eigenvalue weighted by Gasteiger charge is 2.21. The first-order valence-electron chi connectivity index (χ1n) is 9.04. The van der Waals surface area contributed by atoms with E-state index in [1.165, 1.54) is 6.07 Å². The van der Waals surface area contributed by atoms with Crippen LogP contribution in [0.4, 0.5) is 10.1 Å². The Bertz CT molecular complexity index is 860. The second-order valence-electron chi connectivity index (χ2n) is 6.63. The number of hydrogen-bond donors (Lipinski definition) is 0. The molecule has 0 bridgehead atoms. The van der Waals surface area contributed by atoms with Crippen LogP contribution in [0.3, 0.4) is 0 Å². The SMILES string of the molecule is O=C(CN1CCN(c2cccc(F)c2)CC1)c1ccc2c(c1)OC=CCO2. The first-order chi connectivity index (χ1) is 13.2. The van der Waals surface area contributed by atoms with Gasteiger partial charge in [-0.3, -0.25) is 9.69 Å². The number of ether oxygens (including phenoxy) is 2. The molecule has 2 aliphatic rings. The van der Waals surface area contributed by atoms with Gasteiger partial charge in [0.1, 0.15) is 12.4 Å². The monoisotopic (exact) mass is 368 g/mol. The molecule has 0 saturated carbocycles. The van der Waals surface area contributed by atoms with Gasteiger partial charge >= 0.3 is 0 Å². The van der Waals surface area contributed by atoms with Crippen LogP contribution >= 0.6 is 0 Å². The third-order valence-corrected chi connectivity index (χ3v) is 4.80. The van der Waals surface area contributed by atoms with Gasteiger partial charge in [0.2, 0.25) is 0 Å². The Hall–Kier alpha value is -2.86. The highest BCUT2D eigenvalue weighted by atomic mass is 19.1. The van der Waals surface area contributed by atoms with Gasteiger partial charge in [0.15, 0.2) is 17.3 Å². The van der Waals surface area contributed by atoms with E-state index in [4.69, 9.17) is 9.47 Å². The Morgan fingerprint density at radius 1 is 1.04 bits per heavy atom. The van der Waals surface area contributed by atoms with Crippen LogP contribution < -0.4 is 14.4 Å². The van der Waals surface area contributed by atoms with Crippen molar-refractivity contribution in [3.8, 4) is 11.5 Å². The first kappa shape index (κ1) is 17.5. The summed E-state index contributed by atoms with van der Waals surface area (Å²) >= 11 is 0. The third-order valence-electron chi connectivity index (χ3n) is 4.80. The van der Waals surface area contributed by atoms with E-state index in [2.05, 4.69) is 9.80 Å². The molecule has 2 heterocycles. The lowest BCUT2D eigenvalue weighted by Gasteiger charge is -2.35. The largest absolute Gasteiger partial charge is 0.485 e. The molecule has 0 spiro atoms. The average Bonchev–Trinajstić information content (AvgIpc) is 2.93. The van der Waals surface area contributed by atoms with E-state index in [0.29, 0.717) is 30.2 Å². The number of nitrogens with zero attached hydrogens (tertiary/aromatic N) is 2. The quantitative estimate of drug-likeness (QED) is 0.776. The normalized spacial score (nSPS) is 16.9. The predicted octanol–water partition coefficient (Wildman–Crippen LogP) is 3.12.